The van der Waals surface area contributed by atoms with Crippen LogP contribution in [0, 0.1) is 5.41 Å². The number of hydrogen-bond acceptors (Lipinski definition) is 2. The summed E-state index contributed by atoms with van der Waals surface area (Å²) in [6.45, 7) is 6.12. The van der Waals surface area contributed by atoms with Crippen LogP contribution in [0.2, 0.25) is 0 Å². The summed E-state index contributed by atoms with van der Waals surface area (Å²) in [5, 5.41) is 12.4. The molecule has 1 aliphatic rings. The lowest BCUT2D eigenvalue weighted by Gasteiger charge is -2.21. The Labute approximate surface area is 85.9 Å². The van der Waals surface area contributed by atoms with E-state index in [4.69, 9.17) is 0 Å². The van der Waals surface area contributed by atoms with Crippen molar-refractivity contribution in [1.82, 2.24) is 5.32 Å². The minimum Gasteiger partial charge on any atom is -0.391 e. The first kappa shape index (κ1) is 11.5. The number of carbonyl (C=O) groups is 1. The molecule has 2 N–H and O–H groups in total. The van der Waals surface area contributed by atoms with Gasteiger partial charge in [-0.2, -0.15) is 0 Å². The van der Waals surface area contributed by atoms with E-state index in [1.807, 2.05) is 20.8 Å². The Kier molecular flexibility index (Phi) is 3.53. The van der Waals surface area contributed by atoms with Gasteiger partial charge in [-0.1, -0.05) is 20.8 Å². The van der Waals surface area contributed by atoms with E-state index >= 15 is 0 Å². The van der Waals surface area contributed by atoms with Gasteiger partial charge in [-0.25, -0.2) is 0 Å². The highest BCUT2D eigenvalue weighted by Gasteiger charge is 2.27. The van der Waals surface area contributed by atoms with Crippen molar-refractivity contribution in [3.8, 4) is 0 Å². The fraction of sp³-hybridized carbons (Fsp3) is 0.909. The molecule has 14 heavy (non-hydrogen) atoms. The maximum absolute atomic E-state index is 11.5. The van der Waals surface area contributed by atoms with E-state index in [0.717, 1.165) is 19.3 Å². The van der Waals surface area contributed by atoms with Crippen molar-refractivity contribution in [2.45, 2.75) is 58.6 Å². The summed E-state index contributed by atoms with van der Waals surface area (Å²) >= 11 is 0. The van der Waals surface area contributed by atoms with Gasteiger partial charge >= 0.3 is 0 Å². The van der Waals surface area contributed by atoms with Crippen LogP contribution in [0.15, 0.2) is 0 Å². The second-order valence-corrected chi connectivity index (χ2v) is 5.41. The summed E-state index contributed by atoms with van der Waals surface area (Å²) in [6.07, 6.45) is 2.94. The van der Waals surface area contributed by atoms with Crippen LogP contribution in [0.4, 0.5) is 0 Å². The summed E-state index contributed by atoms with van der Waals surface area (Å²) < 4.78 is 0. The predicted molar refractivity (Wildman–Crippen MR) is 55.9 cm³/mol. The van der Waals surface area contributed by atoms with Crippen LogP contribution < -0.4 is 5.32 Å². The van der Waals surface area contributed by atoms with Crippen LogP contribution in [0.1, 0.15) is 46.5 Å². The fourth-order valence-corrected chi connectivity index (χ4v) is 1.85. The number of nitrogens with one attached hydrogen (secondary N) is 1. The lowest BCUT2D eigenvalue weighted by Crippen LogP contribution is -2.41. The molecule has 0 aromatic rings. The first-order valence-corrected chi connectivity index (χ1v) is 5.36. The molecule has 1 rings (SSSR count). The van der Waals surface area contributed by atoms with Crippen molar-refractivity contribution in [3.05, 3.63) is 0 Å². The minimum absolute atomic E-state index is 0.00940. The molecular formula is C11H21NO2. The molecule has 0 spiro atoms. The third kappa shape index (κ3) is 3.66. The molecule has 1 saturated carbocycles. The van der Waals surface area contributed by atoms with Gasteiger partial charge in [0, 0.05) is 6.42 Å². The molecule has 3 heteroatoms. The van der Waals surface area contributed by atoms with E-state index in [9.17, 15) is 9.90 Å². The number of aliphatic hydroxyl groups excluding tert-OH is 1. The van der Waals surface area contributed by atoms with E-state index < -0.39 is 0 Å². The highest BCUT2D eigenvalue weighted by Crippen LogP contribution is 2.21. The van der Waals surface area contributed by atoms with Crippen molar-refractivity contribution in [3.63, 3.8) is 0 Å². The number of amides is 1. The highest BCUT2D eigenvalue weighted by molar-refractivity contribution is 5.76. The van der Waals surface area contributed by atoms with E-state index in [-0.39, 0.29) is 23.5 Å². The highest BCUT2D eigenvalue weighted by atomic mass is 16.3. The average Bonchev–Trinajstić information content (AvgIpc) is 2.32. The molecule has 0 aliphatic heterocycles. The third-order valence-corrected chi connectivity index (χ3v) is 2.52. The number of hydrogen-bond donors (Lipinski definition) is 2. The molecule has 0 heterocycles. The summed E-state index contributed by atoms with van der Waals surface area (Å²) in [5.41, 5.74) is 0.0215. The van der Waals surface area contributed by atoms with E-state index in [0.29, 0.717) is 6.42 Å². The molecule has 0 aromatic heterocycles. The quantitative estimate of drug-likeness (QED) is 0.707. The average molecular weight is 199 g/mol. The van der Waals surface area contributed by atoms with Gasteiger partial charge in [-0.15, -0.1) is 0 Å². The molecule has 0 saturated heterocycles. The van der Waals surface area contributed by atoms with Gasteiger partial charge < -0.3 is 10.4 Å². The van der Waals surface area contributed by atoms with Crippen LogP contribution in [-0.2, 0) is 4.79 Å². The second-order valence-electron chi connectivity index (χ2n) is 5.41. The lowest BCUT2D eigenvalue weighted by atomic mass is 9.92. The Bertz CT molecular complexity index is 208. The smallest absolute Gasteiger partial charge is 0.220 e. The molecule has 2 unspecified atom stereocenters. The van der Waals surface area contributed by atoms with Gasteiger partial charge in [-0.05, 0) is 24.7 Å². The molecule has 1 fully saturated rings. The van der Waals surface area contributed by atoms with Crippen LogP contribution in [0.3, 0.4) is 0 Å². The second kappa shape index (κ2) is 4.30. The normalized spacial score (nSPS) is 27.7. The number of aliphatic hydroxyl groups is 1. The standard InChI is InChI=1S/C11H21NO2/c1-11(2,3)7-10(14)12-8-5-4-6-9(8)13/h8-9,13H,4-7H2,1-3H3,(H,12,14). The van der Waals surface area contributed by atoms with Crippen LogP contribution in [0.5, 0.6) is 0 Å². The molecule has 3 nitrogen and oxygen atoms in total. The lowest BCUT2D eigenvalue weighted by molar-refractivity contribution is -0.124. The molecular weight excluding hydrogens is 178 g/mol. The topological polar surface area (TPSA) is 49.3 Å². The Hall–Kier alpha value is -0.570. The third-order valence-electron chi connectivity index (χ3n) is 2.52. The monoisotopic (exact) mass is 199 g/mol. The Morgan fingerprint density at radius 3 is 2.50 bits per heavy atom. The van der Waals surface area contributed by atoms with Crippen LogP contribution in [0.25, 0.3) is 0 Å². The SMILES string of the molecule is CC(C)(C)CC(=O)NC1CCCC1O. The Morgan fingerprint density at radius 2 is 2.07 bits per heavy atom. The zero-order valence-corrected chi connectivity index (χ0v) is 9.34. The van der Waals surface area contributed by atoms with E-state index in [1.165, 1.54) is 0 Å². The van der Waals surface area contributed by atoms with Gasteiger partial charge in [0.05, 0.1) is 12.1 Å². The molecule has 82 valence electrons. The van der Waals surface area contributed by atoms with Crippen molar-refractivity contribution in [2.75, 3.05) is 0 Å². The van der Waals surface area contributed by atoms with Gasteiger partial charge in [-0.3, -0.25) is 4.79 Å². The predicted octanol–water partition coefficient (Wildman–Crippen LogP) is 1.45. The van der Waals surface area contributed by atoms with Crippen molar-refractivity contribution < 1.29 is 9.90 Å². The summed E-state index contributed by atoms with van der Waals surface area (Å²) in [7, 11) is 0. The van der Waals surface area contributed by atoms with Crippen molar-refractivity contribution >= 4 is 5.91 Å². The van der Waals surface area contributed by atoms with Crippen molar-refractivity contribution in [2.24, 2.45) is 5.41 Å². The molecule has 1 amide bonds. The van der Waals surface area contributed by atoms with E-state index in [2.05, 4.69) is 5.32 Å². The maximum atomic E-state index is 11.5. The van der Waals surface area contributed by atoms with E-state index in [1.54, 1.807) is 0 Å². The first-order valence-electron chi connectivity index (χ1n) is 5.36. The van der Waals surface area contributed by atoms with Crippen LogP contribution >= 0.6 is 0 Å². The van der Waals surface area contributed by atoms with Gasteiger partial charge in [0.15, 0.2) is 0 Å². The molecule has 2 atom stereocenters. The Morgan fingerprint density at radius 1 is 1.43 bits per heavy atom. The summed E-state index contributed by atoms with van der Waals surface area (Å²) in [6, 6.07) is -0.00940. The van der Waals surface area contributed by atoms with Crippen molar-refractivity contribution in [1.29, 1.82) is 0 Å². The zero-order chi connectivity index (χ0) is 10.8. The molecule has 0 bridgehead atoms. The first-order chi connectivity index (χ1) is 6.38. The minimum atomic E-state index is -0.334. The summed E-state index contributed by atoms with van der Waals surface area (Å²) in [5.74, 6) is 0.0588. The number of rotatable bonds is 2. The van der Waals surface area contributed by atoms with Gasteiger partial charge in [0.2, 0.25) is 5.91 Å². The fourth-order valence-electron chi connectivity index (χ4n) is 1.85. The van der Waals surface area contributed by atoms with Gasteiger partial charge in [0.25, 0.3) is 0 Å². The zero-order valence-electron chi connectivity index (χ0n) is 9.34. The largest absolute Gasteiger partial charge is 0.391 e. The maximum Gasteiger partial charge on any atom is 0.220 e. The number of carbonyl (C=O) groups excluding carboxylic acids is 1. The summed E-state index contributed by atoms with van der Waals surface area (Å²) in [4.78, 5) is 11.5. The molecule has 1 aliphatic carbocycles. The Balaban J connectivity index is 2.33. The van der Waals surface area contributed by atoms with Gasteiger partial charge in [0.1, 0.15) is 0 Å². The molecule has 0 radical (unpaired) electrons. The molecule has 0 aromatic carbocycles. The van der Waals surface area contributed by atoms with Crippen LogP contribution in [-0.4, -0.2) is 23.2 Å².